The molecule has 0 radical (unpaired) electrons. The molecule has 1 saturated heterocycles. The van der Waals surface area contributed by atoms with Crippen LogP contribution < -0.4 is 10.2 Å². The van der Waals surface area contributed by atoms with Crippen LogP contribution in [0.3, 0.4) is 0 Å². The third-order valence-electron chi connectivity index (χ3n) is 3.94. The summed E-state index contributed by atoms with van der Waals surface area (Å²) in [5.41, 5.74) is 2.20. The van der Waals surface area contributed by atoms with E-state index in [4.69, 9.17) is 0 Å². The minimum absolute atomic E-state index is 0.122. The van der Waals surface area contributed by atoms with Crippen LogP contribution >= 0.6 is 0 Å². The highest BCUT2D eigenvalue weighted by atomic mass is 19.1. The fraction of sp³-hybridized carbons (Fsp3) is 0.222. The van der Waals surface area contributed by atoms with Crippen LogP contribution in [0.15, 0.2) is 42.5 Å². The molecule has 0 aromatic heterocycles. The lowest BCUT2D eigenvalue weighted by Gasteiger charge is -2.16. The van der Waals surface area contributed by atoms with Gasteiger partial charge in [-0.1, -0.05) is 6.07 Å². The Kier molecular flexibility index (Phi) is 4.10. The van der Waals surface area contributed by atoms with Crippen molar-refractivity contribution in [2.24, 2.45) is 0 Å². The number of carbonyl (C=O) groups excluding carboxylic acids is 2. The summed E-state index contributed by atoms with van der Waals surface area (Å²) in [4.78, 5) is 25.6. The van der Waals surface area contributed by atoms with E-state index in [-0.39, 0.29) is 17.4 Å². The van der Waals surface area contributed by atoms with Gasteiger partial charge < -0.3 is 10.2 Å². The normalized spacial score (nSPS) is 14.2. The lowest BCUT2D eigenvalue weighted by molar-refractivity contribution is -0.117. The van der Waals surface area contributed by atoms with Crippen molar-refractivity contribution >= 4 is 23.2 Å². The molecule has 0 spiro atoms. The molecule has 23 heavy (non-hydrogen) atoms. The molecule has 1 aliphatic rings. The second-order valence-electron chi connectivity index (χ2n) is 5.61. The number of anilines is 2. The van der Waals surface area contributed by atoms with Crippen LogP contribution in [-0.2, 0) is 4.79 Å². The highest BCUT2D eigenvalue weighted by molar-refractivity contribution is 6.04. The van der Waals surface area contributed by atoms with E-state index in [1.807, 2.05) is 0 Å². The van der Waals surface area contributed by atoms with Crippen LogP contribution in [0.5, 0.6) is 0 Å². The van der Waals surface area contributed by atoms with Crippen molar-refractivity contribution in [3.05, 3.63) is 59.4 Å². The molecule has 0 bridgehead atoms. The van der Waals surface area contributed by atoms with Crippen molar-refractivity contribution in [1.29, 1.82) is 0 Å². The Morgan fingerprint density at radius 2 is 1.91 bits per heavy atom. The van der Waals surface area contributed by atoms with Gasteiger partial charge in [-0.2, -0.15) is 0 Å². The number of hydrogen-bond donors (Lipinski definition) is 1. The number of aryl methyl sites for hydroxylation is 1. The van der Waals surface area contributed by atoms with Gasteiger partial charge in [-0.25, -0.2) is 4.39 Å². The molecule has 0 saturated carbocycles. The maximum atomic E-state index is 13.5. The highest BCUT2D eigenvalue weighted by Gasteiger charge is 2.21. The number of halogens is 1. The van der Waals surface area contributed by atoms with Gasteiger partial charge in [0.15, 0.2) is 0 Å². The maximum absolute atomic E-state index is 13.5. The highest BCUT2D eigenvalue weighted by Crippen LogP contribution is 2.23. The molecule has 2 aromatic rings. The summed E-state index contributed by atoms with van der Waals surface area (Å²) in [7, 11) is 0. The molecule has 0 unspecified atom stereocenters. The molecule has 118 valence electrons. The monoisotopic (exact) mass is 312 g/mol. The zero-order valence-electron chi connectivity index (χ0n) is 12.8. The summed E-state index contributed by atoms with van der Waals surface area (Å²) in [6.45, 7) is 2.38. The first-order valence-corrected chi connectivity index (χ1v) is 7.52. The Balaban J connectivity index is 1.71. The summed E-state index contributed by atoms with van der Waals surface area (Å²) in [6, 6.07) is 11.5. The first-order chi connectivity index (χ1) is 11.0. The van der Waals surface area contributed by atoms with Gasteiger partial charge in [-0.05, 0) is 55.3 Å². The van der Waals surface area contributed by atoms with Gasteiger partial charge in [0.25, 0.3) is 5.91 Å². The maximum Gasteiger partial charge on any atom is 0.255 e. The van der Waals surface area contributed by atoms with E-state index in [0.717, 1.165) is 18.7 Å². The number of amides is 2. The minimum Gasteiger partial charge on any atom is -0.322 e. The number of nitrogens with one attached hydrogen (secondary N) is 1. The second kappa shape index (κ2) is 6.20. The fourth-order valence-electron chi connectivity index (χ4n) is 2.58. The van der Waals surface area contributed by atoms with Gasteiger partial charge in [0.1, 0.15) is 5.82 Å². The lowest BCUT2D eigenvalue weighted by atomic mass is 10.1. The molecule has 0 aliphatic carbocycles. The number of carbonyl (C=O) groups is 2. The van der Waals surface area contributed by atoms with E-state index in [1.54, 1.807) is 48.2 Å². The van der Waals surface area contributed by atoms with E-state index < -0.39 is 5.82 Å². The van der Waals surface area contributed by atoms with Gasteiger partial charge in [0.2, 0.25) is 5.91 Å². The zero-order chi connectivity index (χ0) is 16.4. The predicted molar refractivity (Wildman–Crippen MR) is 87.1 cm³/mol. The number of rotatable bonds is 3. The topological polar surface area (TPSA) is 49.4 Å². The summed E-state index contributed by atoms with van der Waals surface area (Å²) in [5.74, 6) is -0.647. The van der Waals surface area contributed by atoms with Gasteiger partial charge >= 0.3 is 0 Å². The van der Waals surface area contributed by atoms with Crippen molar-refractivity contribution in [2.45, 2.75) is 19.8 Å². The smallest absolute Gasteiger partial charge is 0.255 e. The van der Waals surface area contributed by atoms with Crippen molar-refractivity contribution in [1.82, 2.24) is 0 Å². The van der Waals surface area contributed by atoms with Crippen LogP contribution in [-0.4, -0.2) is 18.4 Å². The summed E-state index contributed by atoms with van der Waals surface area (Å²) in [5, 5.41) is 2.72. The Labute approximate surface area is 133 Å². The molecule has 1 aliphatic heterocycles. The Morgan fingerprint density at radius 1 is 1.17 bits per heavy atom. The Bertz CT molecular complexity index is 756. The number of nitrogens with zero attached hydrogens (tertiary/aromatic N) is 1. The molecule has 1 heterocycles. The first kappa shape index (κ1) is 15.2. The number of benzene rings is 2. The molecule has 1 N–H and O–H groups in total. The minimum atomic E-state index is -0.402. The average molecular weight is 312 g/mol. The van der Waals surface area contributed by atoms with Crippen LogP contribution in [0, 0.1) is 12.7 Å². The first-order valence-electron chi connectivity index (χ1n) is 7.52. The van der Waals surface area contributed by atoms with Crippen LogP contribution in [0.25, 0.3) is 0 Å². The van der Waals surface area contributed by atoms with Crippen molar-refractivity contribution < 1.29 is 14.0 Å². The van der Waals surface area contributed by atoms with E-state index >= 15 is 0 Å². The fourth-order valence-corrected chi connectivity index (χ4v) is 2.58. The largest absolute Gasteiger partial charge is 0.322 e. The molecule has 2 aromatic carbocycles. The van der Waals surface area contributed by atoms with Crippen molar-refractivity contribution in [3.8, 4) is 0 Å². The molecule has 5 heteroatoms. The molecular formula is C18H17FN2O2. The molecular weight excluding hydrogens is 295 g/mol. The molecule has 2 amide bonds. The number of hydrogen-bond acceptors (Lipinski definition) is 2. The molecule has 1 fully saturated rings. The predicted octanol–water partition coefficient (Wildman–Crippen LogP) is 3.51. The van der Waals surface area contributed by atoms with E-state index in [9.17, 15) is 14.0 Å². The Morgan fingerprint density at radius 3 is 2.52 bits per heavy atom. The van der Waals surface area contributed by atoms with Crippen LogP contribution in [0.1, 0.15) is 28.8 Å². The van der Waals surface area contributed by atoms with Gasteiger partial charge in [0.05, 0.1) is 0 Å². The van der Waals surface area contributed by atoms with Gasteiger partial charge in [-0.15, -0.1) is 0 Å². The van der Waals surface area contributed by atoms with E-state index in [0.29, 0.717) is 17.7 Å². The standard InChI is InChI=1S/C18H17FN2O2/c1-12-4-5-13(11-16(12)19)18(23)20-14-6-8-15(9-7-14)21-10-2-3-17(21)22/h4-9,11H,2-3,10H2,1H3,(H,20,23). The molecule has 3 rings (SSSR count). The summed E-state index contributed by atoms with van der Waals surface area (Å²) >= 11 is 0. The van der Waals surface area contributed by atoms with E-state index in [1.165, 1.54) is 6.07 Å². The average Bonchev–Trinajstić information content (AvgIpc) is 2.97. The second-order valence-corrected chi connectivity index (χ2v) is 5.61. The van der Waals surface area contributed by atoms with Gasteiger partial charge in [0, 0.05) is 29.9 Å². The van der Waals surface area contributed by atoms with Gasteiger partial charge in [-0.3, -0.25) is 9.59 Å². The summed E-state index contributed by atoms with van der Waals surface area (Å²) in [6.07, 6.45) is 1.45. The third-order valence-corrected chi connectivity index (χ3v) is 3.94. The van der Waals surface area contributed by atoms with Crippen LogP contribution in [0.4, 0.5) is 15.8 Å². The van der Waals surface area contributed by atoms with E-state index in [2.05, 4.69) is 5.32 Å². The van der Waals surface area contributed by atoms with Crippen molar-refractivity contribution in [2.75, 3.05) is 16.8 Å². The van der Waals surface area contributed by atoms with Crippen molar-refractivity contribution in [3.63, 3.8) is 0 Å². The Hall–Kier alpha value is -2.69. The summed E-state index contributed by atoms with van der Waals surface area (Å²) < 4.78 is 13.5. The molecule has 4 nitrogen and oxygen atoms in total. The zero-order valence-corrected chi connectivity index (χ0v) is 12.8. The SMILES string of the molecule is Cc1ccc(C(=O)Nc2ccc(N3CCCC3=O)cc2)cc1F. The molecule has 0 atom stereocenters. The lowest BCUT2D eigenvalue weighted by Crippen LogP contribution is -2.23. The quantitative estimate of drug-likeness (QED) is 0.943. The third kappa shape index (κ3) is 3.23. The van der Waals surface area contributed by atoms with Crippen LogP contribution in [0.2, 0.25) is 0 Å².